The number of ether oxygens (including phenoxy) is 2. The van der Waals surface area contributed by atoms with E-state index in [1.165, 1.54) is 11.1 Å². The number of nitrogens with zero attached hydrogens (tertiary/aromatic N) is 1. The van der Waals surface area contributed by atoms with Gasteiger partial charge in [0.2, 0.25) is 0 Å². The van der Waals surface area contributed by atoms with E-state index in [9.17, 15) is 5.11 Å². The third-order valence-electron chi connectivity index (χ3n) is 6.30. The third-order valence-corrected chi connectivity index (χ3v) is 6.30. The third kappa shape index (κ3) is 3.83. The van der Waals surface area contributed by atoms with Crippen LogP contribution in [-0.4, -0.2) is 48.5 Å². The summed E-state index contributed by atoms with van der Waals surface area (Å²) in [4.78, 5) is 2.43. The van der Waals surface area contributed by atoms with E-state index in [4.69, 9.17) is 9.47 Å². The number of hydrogen-bond donors (Lipinski definition) is 1. The van der Waals surface area contributed by atoms with Gasteiger partial charge in [-0.25, -0.2) is 0 Å². The fourth-order valence-corrected chi connectivity index (χ4v) is 4.42. The van der Waals surface area contributed by atoms with Crippen molar-refractivity contribution in [2.75, 3.05) is 26.7 Å². The lowest BCUT2D eigenvalue weighted by Gasteiger charge is -2.42. The van der Waals surface area contributed by atoms with Crippen molar-refractivity contribution in [3.05, 3.63) is 59.7 Å². The van der Waals surface area contributed by atoms with Crippen LogP contribution in [0.4, 0.5) is 0 Å². The summed E-state index contributed by atoms with van der Waals surface area (Å²) in [7, 11) is 1.69. The highest BCUT2D eigenvalue weighted by Gasteiger charge is 2.38. The standard InChI is InChI=1S/C23H29NO3/c1-17(18-6-4-3-5-7-18)23(25)10-12-24(13-11-23)16-21-15-19-14-20(26-2)8-9-22(19)27-21/h3-9,14,17,21,25H,10-13,15-16H2,1-2H3/t17-,21?/m1/s1. The van der Waals surface area contributed by atoms with Crippen molar-refractivity contribution in [1.29, 1.82) is 0 Å². The van der Waals surface area contributed by atoms with Crippen LogP contribution < -0.4 is 9.47 Å². The summed E-state index contributed by atoms with van der Waals surface area (Å²) in [5.74, 6) is 2.02. The second kappa shape index (κ2) is 7.53. The maximum absolute atomic E-state index is 11.2. The molecule has 1 N–H and O–H groups in total. The molecule has 1 unspecified atom stereocenters. The molecule has 1 fully saturated rings. The Bertz CT molecular complexity index is 768. The molecule has 0 aromatic heterocycles. The zero-order valence-electron chi connectivity index (χ0n) is 16.2. The van der Waals surface area contributed by atoms with Crippen molar-refractivity contribution in [3.8, 4) is 11.5 Å². The van der Waals surface area contributed by atoms with Crippen molar-refractivity contribution in [1.82, 2.24) is 4.90 Å². The lowest BCUT2D eigenvalue weighted by atomic mass is 9.77. The minimum atomic E-state index is -0.620. The molecule has 2 aromatic carbocycles. The molecule has 4 nitrogen and oxygen atoms in total. The van der Waals surface area contributed by atoms with Crippen LogP contribution in [-0.2, 0) is 6.42 Å². The number of rotatable bonds is 5. The molecule has 0 aliphatic carbocycles. The molecule has 0 amide bonds. The molecule has 144 valence electrons. The zero-order valence-corrected chi connectivity index (χ0v) is 16.2. The first-order valence-electron chi connectivity index (χ1n) is 9.91. The number of piperidine rings is 1. The van der Waals surface area contributed by atoms with Gasteiger partial charge in [0, 0.05) is 37.5 Å². The van der Waals surface area contributed by atoms with Crippen LogP contribution in [0.5, 0.6) is 11.5 Å². The predicted molar refractivity (Wildman–Crippen MR) is 107 cm³/mol. The van der Waals surface area contributed by atoms with Crippen LogP contribution in [0.3, 0.4) is 0 Å². The van der Waals surface area contributed by atoms with E-state index in [0.29, 0.717) is 0 Å². The number of benzene rings is 2. The Morgan fingerprint density at radius 3 is 2.63 bits per heavy atom. The van der Waals surface area contributed by atoms with Crippen LogP contribution >= 0.6 is 0 Å². The molecule has 0 saturated carbocycles. The molecule has 0 spiro atoms. The van der Waals surface area contributed by atoms with Gasteiger partial charge in [-0.2, -0.15) is 0 Å². The van der Waals surface area contributed by atoms with Crippen molar-refractivity contribution in [2.45, 2.75) is 43.8 Å². The average molecular weight is 367 g/mol. The number of fused-ring (bicyclic) bond motifs is 1. The van der Waals surface area contributed by atoms with Gasteiger partial charge >= 0.3 is 0 Å². The van der Waals surface area contributed by atoms with Gasteiger partial charge in [0.25, 0.3) is 0 Å². The molecule has 2 aromatic rings. The SMILES string of the molecule is COc1ccc2c(c1)CC(CN1CCC(O)([C@H](C)c3ccccc3)CC1)O2. The van der Waals surface area contributed by atoms with Crippen LogP contribution in [0.2, 0.25) is 0 Å². The first-order valence-corrected chi connectivity index (χ1v) is 9.91. The molecule has 0 bridgehead atoms. The second-order valence-electron chi connectivity index (χ2n) is 7.95. The largest absolute Gasteiger partial charge is 0.497 e. The minimum absolute atomic E-state index is 0.153. The van der Waals surface area contributed by atoms with E-state index in [0.717, 1.165) is 50.4 Å². The molecule has 4 heteroatoms. The van der Waals surface area contributed by atoms with E-state index in [1.807, 2.05) is 18.2 Å². The Labute approximate surface area is 161 Å². The lowest BCUT2D eigenvalue weighted by molar-refractivity contribution is -0.0435. The van der Waals surface area contributed by atoms with Crippen LogP contribution in [0.1, 0.15) is 36.8 Å². The molecule has 2 aliphatic heterocycles. The van der Waals surface area contributed by atoms with Crippen molar-refractivity contribution >= 4 is 0 Å². The van der Waals surface area contributed by atoms with Gasteiger partial charge < -0.3 is 14.6 Å². The highest BCUT2D eigenvalue weighted by atomic mass is 16.5. The maximum Gasteiger partial charge on any atom is 0.123 e. The quantitative estimate of drug-likeness (QED) is 0.876. The molecule has 2 atom stereocenters. The van der Waals surface area contributed by atoms with Crippen molar-refractivity contribution < 1.29 is 14.6 Å². The summed E-state index contributed by atoms with van der Waals surface area (Å²) in [6, 6.07) is 16.4. The van der Waals surface area contributed by atoms with Gasteiger partial charge in [0.05, 0.1) is 12.7 Å². The average Bonchev–Trinajstić information content (AvgIpc) is 3.11. The highest BCUT2D eigenvalue weighted by molar-refractivity contribution is 5.43. The summed E-state index contributed by atoms with van der Waals surface area (Å²) in [5.41, 5.74) is 1.83. The first-order chi connectivity index (χ1) is 13.1. The topological polar surface area (TPSA) is 41.9 Å². The van der Waals surface area contributed by atoms with Crippen molar-refractivity contribution in [2.24, 2.45) is 0 Å². The molecule has 2 aliphatic rings. The Morgan fingerprint density at radius 1 is 1.19 bits per heavy atom. The summed E-state index contributed by atoms with van der Waals surface area (Å²) in [5, 5.41) is 11.2. The molecule has 27 heavy (non-hydrogen) atoms. The second-order valence-corrected chi connectivity index (χ2v) is 7.95. The molecular formula is C23H29NO3. The van der Waals surface area contributed by atoms with Gasteiger partial charge in [0.15, 0.2) is 0 Å². The normalized spacial score (nSPS) is 22.7. The van der Waals surface area contributed by atoms with Crippen LogP contribution in [0.15, 0.2) is 48.5 Å². The van der Waals surface area contributed by atoms with E-state index in [-0.39, 0.29) is 12.0 Å². The van der Waals surface area contributed by atoms with Crippen molar-refractivity contribution in [3.63, 3.8) is 0 Å². The number of hydrogen-bond acceptors (Lipinski definition) is 4. The molecule has 2 heterocycles. The van der Waals surface area contributed by atoms with Gasteiger partial charge in [-0.15, -0.1) is 0 Å². The highest BCUT2D eigenvalue weighted by Crippen LogP contribution is 2.37. The molecule has 0 radical (unpaired) electrons. The van der Waals surface area contributed by atoms with Gasteiger partial charge in [-0.1, -0.05) is 37.3 Å². The van der Waals surface area contributed by atoms with Crippen LogP contribution in [0.25, 0.3) is 0 Å². The van der Waals surface area contributed by atoms with E-state index >= 15 is 0 Å². The molecular weight excluding hydrogens is 338 g/mol. The van der Waals surface area contributed by atoms with Gasteiger partial charge in [0.1, 0.15) is 17.6 Å². The lowest BCUT2D eigenvalue weighted by Crippen LogP contribution is -2.49. The Balaban J connectivity index is 1.32. The van der Waals surface area contributed by atoms with Crippen LogP contribution in [0, 0.1) is 0 Å². The Hall–Kier alpha value is -2.04. The summed E-state index contributed by atoms with van der Waals surface area (Å²) in [6.45, 7) is 4.88. The molecule has 1 saturated heterocycles. The van der Waals surface area contributed by atoms with Gasteiger partial charge in [-0.05, 0) is 36.6 Å². The van der Waals surface area contributed by atoms with E-state index in [2.05, 4.69) is 42.2 Å². The smallest absolute Gasteiger partial charge is 0.123 e. The van der Waals surface area contributed by atoms with E-state index in [1.54, 1.807) is 7.11 Å². The zero-order chi connectivity index (χ0) is 18.9. The maximum atomic E-state index is 11.2. The Kier molecular flexibility index (Phi) is 5.11. The van der Waals surface area contributed by atoms with E-state index < -0.39 is 5.60 Å². The first kappa shape index (κ1) is 18.3. The Morgan fingerprint density at radius 2 is 1.93 bits per heavy atom. The number of aliphatic hydroxyl groups is 1. The fourth-order valence-electron chi connectivity index (χ4n) is 4.42. The monoisotopic (exact) mass is 367 g/mol. The number of likely N-dealkylation sites (tertiary alicyclic amines) is 1. The minimum Gasteiger partial charge on any atom is -0.497 e. The predicted octanol–water partition coefficient (Wildman–Crippen LogP) is 3.63. The molecule has 4 rings (SSSR count). The summed E-state index contributed by atoms with van der Waals surface area (Å²) in [6.07, 6.45) is 2.71. The summed E-state index contributed by atoms with van der Waals surface area (Å²) >= 11 is 0. The number of methoxy groups -OCH3 is 1. The summed E-state index contributed by atoms with van der Waals surface area (Å²) < 4.78 is 11.4. The fraction of sp³-hybridized carbons (Fsp3) is 0.478. The van der Waals surface area contributed by atoms with Gasteiger partial charge in [-0.3, -0.25) is 4.90 Å².